The highest BCUT2D eigenvalue weighted by Crippen LogP contribution is 2.35. The highest BCUT2D eigenvalue weighted by Gasteiger charge is 2.24. The number of aromatic nitrogens is 2. The minimum atomic E-state index is -0.0869. The summed E-state index contributed by atoms with van der Waals surface area (Å²) < 4.78 is 5.41. The SMILES string of the molecule is COc1c(Nc2cc(N)ncn2)ccc2c1CNC2=O. The van der Waals surface area contributed by atoms with Gasteiger partial charge in [-0.1, -0.05) is 0 Å². The molecule has 2 aromatic rings. The van der Waals surface area contributed by atoms with Crippen LogP contribution < -0.4 is 21.1 Å². The number of carbonyl (C=O) groups excluding carboxylic acids is 1. The molecule has 1 aromatic heterocycles. The number of carbonyl (C=O) groups is 1. The fourth-order valence-corrected chi connectivity index (χ4v) is 2.19. The van der Waals surface area contributed by atoms with Crippen molar-refractivity contribution in [3.63, 3.8) is 0 Å². The second-order valence-corrected chi connectivity index (χ2v) is 4.31. The number of hydrogen-bond acceptors (Lipinski definition) is 6. The van der Waals surface area contributed by atoms with Gasteiger partial charge in [-0.25, -0.2) is 9.97 Å². The molecule has 1 amide bonds. The third-order valence-electron chi connectivity index (χ3n) is 3.09. The zero-order chi connectivity index (χ0) is 14.1. The number of nitrogens with one attached hydrogen (secondary N) is 2. The number of hydrogen-bond donors (Lipinski definition) is 3. The minimum Gasteiger partial charge on any atom is -0.494 e. The van der Waals surface area contributed by atoms with Crippen LogP contribution in [-0.4, -0.2) is 23.0 Å². The molecular formula is C13H13N5O2. The van der Waals surface area contributed by atoms with Crippen LogP contribution in [0, 0.1) is 0 Å². The summed E-state index contributed by atoms with van der Waals surface area (Å²) in [5.41, 5.74) is 7.81. The molecule has 0 saturated heterocycles. The number of nitrogen functional groups attached to an aromatic ring is 1. The first kappa shape index (κ1) is 12.2. The monoisotopic (exact) mass is 271 g/mol. The van der Waals surface area contributed by atoms with Gasteiger partial charge in [-0.2, -0.15) is 0 Å². The number of benzene rings is 1. The van der Waals surface area contributed by atoms with E-state index in [1.807, 2.05) is 0 Å². The Morgan fingerprint density at radius 1 is 1.40 bits per heavy atom. The van der Waals surface area contributed by atoms with Gasteiger partial charge in [-0.05, 0) is 12.1 Å². The quantitative estimate of drug-likeness (QED) is 0.771. The third kappa shape index (κ3) is 1.99. The largest absolute Gasteiger partial charge is 0.494 e. The van der Waals surface area contributed by atoms with Crippen LogP contribution in [0.3, 0.4) is 0 Å². The fraction of sp³-hybridized carbons (Fsp3) is 0.154. The van der Waals surface area contributed by atoms with E-state index in [-0.39, 0.29) is 5.91 Å². The van der Waals surface area contributed by atoms with Crippen molar-refractivity contribution in [3.8, 4) is 5.75 Å². The molecule has 7 nitrogen and oxygen atoms in total. The van der Waals surface area contributed by atoms with E-state index >= 15 is 0 Å². The lowest BCUT2D eigenvalue weighted by molar-refractivity contribution is 0.0966. The topological polar surface area (TPSA) is 102 Å². The standard InChI is InChI=1S/C13H13N5O2/c1-20-12-8-5-15-13(19)7(8)2-3-9(12)18-11-4-10(14)16-6-17-11/h2-4,6H,5H2,1H3,(H,15,19)(H3,14,16,17,18). The van der Waals surface area contributed by atoms with Gasteiger partial charge in [-0.3, -0.25) is 4.79 Å². The highest BCUT2D eigenvalue weighted by molar-refractivity contribution is 6.00. The molecule has 0 unspecified atom stereocenters. The van der Waals surface area contributed by atoms with Gasteiger partial charge in [0.05, 0.1) is 12.8 Å². The summed E-state index contributed by atoms with van der Waals surface area (Å²) >= 11 is 0. The van der Waals surface area contributed by atoms with Gasteiger partial charge >= 0.3 is 0 Å². The molecule has 2 heterocycles. The van der Waals surface area contributed by atoms with E-state index in [4.69, 9.17) is 10.5 Å². The maximum atomic E-state index is 11.6. The first-order valence-electron chi connectivity index (χ1n) is 6.01. The summed E-state index contributed by atoms with van der Waals surface area (Å²) in [4.78, 5) is 19.5. The molecule has 1 aliphatic heterocycles. The first-order valence-corrected chi connectivity index (χ1v) is 6.01. The van der Waals surface area contributed by atoms with Gasteiger partial charge in [0.25, 0.3) is 5.91 Å². The van der Waals surface area contributed by atoms with Crippen LogP contribution in [0.1, 0.15) is 15.9 Å². The molecule has 0 saturated carbocycles. The number of fused-ring (bicyclic) bond motifs is 1. The Balaban J connectivity index is 2.00. The molecule has 0 fully saturated rings. The van der Waals surface area contributed by atoms with Crippen molar-refractivity contribution in [3.05, 3.63) is 35.7 Å². The van der Waals surface area contributed by atoms with Crippen LogP contribution in [0.2, 0.25) is 0 Å². The van der Waals surface area contributed by atoms with Crippen molar-refractivity contribution >= 4 is 23.2 Å². The molecule has 3 rings (SSSR count). The predicted octanol–water partition coefficient (Wildman–Crippen LogP) is 1.05. The van der Waals surface area contributed by atoms with Crippen molar-refractivity contribution in [2.24, 2.45) is 0 Å². The molecule has 0 radical (unpaired) electrons. The molecule has 20 heavy (non-hydrogen) atoms. The third-order valence-corrected chi connectivity index (χ3v) is 3.09. The number of nitrogens with zero attached hydrogens (tertiary/aromatic N) is 2. The summed E-state index contributed by atoms with van der Waals surface area (Å²) in [5.74, 6) is 1.47. The van der Waals surface area contributed by atoms with Gasteiger partial charge in [-0.15, -0.1) is 0 Å². The van der Waals surface area contributed by atoms with Gasteiger partial charge in [0, 0.05) is 23.7 Å². The van der Waals surface area contributed by atoms with E-state index < -0.39 is 0 Å². The Labute approximate surface area is 115 Å². The van der Waals surface area contributed by atoms with E-state index in [0.717, 1.165) is 11.3 Å². The maximum Gasteiger partial charge on any atom is 0.252 e. The average Bonchev–Trinajstić information content (AvgIpc) is 2.80. The fourth-order valence-electron chi connectivity index (χ4n) is 2.19. The number of nitrogens with two attached hydrogens (primary N) is 1. The molecule has 0 aliphatic carbocycles. The number of anilines is 3. The summed E-state index contributed by atoms with van der Waals surface area (Å²) in [6.45, 7) is 0.457. The molecule has 1 aromatic carbocycles. The Hall–Kier alpha value is -2.83. The van der Waals surface area contributed by atoms with Crippen molar-refractivity contribution in [1.29, 1.82) is 0 Å². The van der Waals surface area contributed by atoms with E-state index in [0.29, 0.717) is 29.5 Å². The van der Waals surface area contributed by atoms with Crippen LogP contribution in [0.25, 0.3) is 0 Å². The minimum absolute atomic E-state index is 0.0869. The van der Waals surface area contributed by atoms with Gasteiger partial charge in [0.15, 0.2) is 0 Å². The van der Waals surface area contributed by atoms with Crippen LogP contribution in [0.4, 0.5) is 17.3 Å². The zero-order valence-electron chi connectivity index (χ0n) is 10.8. The Kier molecular flexibility index (Phi) is 2.86. The lowest BCUT2D eigenvalue weighted by atomic mass is 10.1. The van der Waals surface area contributed by atoms with E-state index in [1.54, 1.807) is 25.3 Å². The van der Waals surface area contributed by atoms with Gasteiger partial charge in [0.2, 0.25) is 0 Å². The maximum absolute atomic E-state index is 11.6. The second-order valence-electron chi connectivity index (χ2n) is 4.31. The summed E-state index contributed by atoms with van der Waals surface area (Å²) in [6.07, 6.45) is 1.38. The molecular weight excluding hydrogens is 258 g/mol. The molecule has 7 heteroatoms. The smallest absolute Gasteiger partial charge is 0.252 e. The van der Waals surface area contributed by atoms with Crippen LogP contribution >= 0.6 is 0 Å². The lowest BCUT2D eigenvalue weighted by Crippen LogP contribution is -2.12. The van der Waals surface area contributed by atoms with Crippen LogP contribution in [0.5, 0.6) is 5.75 Å². The summed E-state index contributed by atoms with van der Waals surface area (Å²) in [7, 11) is 1.57. The van der Waals surface area contributed by atoms with Gasteiger partial charge in [0.1, 0.15) is 23.7 Å². The van der Waals surface area contributed by atoms with Crippen LogP contribution in [-0.2, 0) is 6.54 Å². The van der Waals surface area contributed by atoms with E-state index in [1.165, 1.54) is 6.33 Å². The average molecular weight is 271 g/mol. The van der Waals surface area contributed by atoms with Crippen LogP contribution in [0.15, 0.2) is 24.5 Å². The van der Waals surface area contributed by atoms with Crippen molar-refractivity contribution < 1.29 is 9.53 Å². The number of ether oxygens (including phenoxy) is 1. The zero-order valence-corrected chi connectivity index (χ0v) is 10.8. The summed E-state index contributed by atoms with van der Waals surface area (Å²) in [5, 5.41) is 5.88. The molecule has 1 aliphatic rings. The second kappa shape index (κ2) is 4.69. The number of methoxy groups -OCH3 is 1. The Bertz CT molecular complexity index is 686. The van der Waals surface area contributed by atoms with Crippen molar-refractivity contribution in [1.82, 2.24) is 15.3 Å². The predicted molar refractivity (Wildman–Crippen MR) is 73.9 cm³/mol. The lowest BCUT2D eigenvalue weighted by Gasteiger charge is -2.13. The molecule has 102 valence electrons. The van der Waals surface area contributed by atoms with Crippen molar-refractivity contribution in [2.45, 2.75) is 6.54 Å². The normalized spacial score (nSPS) is 12.8. The Morgan fingerprint density at radius 2 is 2.25 bits per heavy atom. The number of rotatable bonds is 3. The molecule has 4 N–H and O–H groups in total. The highest BCUT2D eigenvalue weighted by atomic mass is 16.5. The van der Waals surface area contributed by atoms with Crippen molar-refractivity contribution in [2.75, 3.05) is 18.2 Å². The van der Waals surface area contributed by atoms with Gasteiger partial charge < -0.3 is 21.1 Å². The Morgan fingerprint density at radius 3 is 3.00 bits per heavy atom. The summed E-state index contributed by atoms with van der Waals surface area (Å²) in [6, 6.07) is 5.16. The molecule has 0 atom stereocenters. The molecule has 0 spiro atoms. The van der Waals surface area contributed by atoms with E-state index in [9.17, 15) is 4.79 Å². The first-order chi connectivity index (χ1) is 9.69. The molecule has 0 bridgehead atoms. The number of amides is 1. The van der Waals surface area contributed by atoms with E-state index in [2.05, 4.69) is 20.6 Å².